The lowest BCUT2D eigenvalue weighted by atomic mass is 10.1. The first-order valence-electron chi connectivity index (χ1n) is 8.15. The van der Waals surface area contributed by atoms with Gasteiger partial charge in [-0.3, -0.25) is 4.79 Å². The molecular formula is C18H20N4O2S2. The molecule has 0 aliphatic carbocycles. The molecule has 1 atom stereocenters. The molecule has 2 heterocycles. The molecule has 26 heavy (non-hydrogen) atoms. The van der Waals surface area contributed by atoms with E-state index < -0.39 is 0 Å². The SMILES string of the molecule is Cc1cccc(Nc2nnc(SCC(=O)NC(C)c3ccco3)s2)c1C. The summed E-state index contributed by atoms with van der Waals surface area (Å²) in [6, 6.07) is 9.58. The number of nitrogens with one attached hydrogen (secondary N) is 2. The summed E-state index contributed by atoms with van der Waals surface area (Å²) < 4.78 is 6.04. The van der Waals surface area contributed by atoms with Gasteiger partial charge in [0.15, 0.2) is 4.34 Å². The first-order valence-corrected chi connectivity index (χ1v) is 9.95. The van der Waals surface area contributed by atoms with Crippen molar-refractivity contribution in [3.05, 3.63) is 53.5 Å². The Balaban J connectivity index is 1.52. The third-order valence-corrected chi connectivity index (χ3v) is 5.90. The molecule has 6 nitrogen and oxygen atoms in total. The lowest BCUT2D eigenvalue weighted by molar-refractivity contribution is -0.119. The minimum atomic E-state index is -0.158. The van der Waals surface area contributed by atoms with Crippen LogP contribution in [0.2, 0.25) is 0 Å². The number of benzene rings is 1. The number of aromatic nitrogens is 2. The largest absolute Gasteiger partial charge is 0.467 e. The predicted molar refractivity (Wildman–Crippen MR) is 105 cm³/mol. The van der Waals surface area contributed by atoms with Crippen LogP contribution in [0.4, 0.5) is 10.8 Å². The molecular weight excluding hydrogens is 368 g/mol. The van der Waals surface area contributed by atoms with Gasteiger partial charge in [-0.25, -0.2) is 0 Å². The number of carbonyl (C=O) groups excluding carboxylic acids is 1. The van der Waals surface area contributed by atoms with E-state index in [4.69, 9.17) is 4.42 Å². The topological polar surface area (TPSA) is 80.0 Å². The van der Waals surface area contributed by atoms with Gasteiger partial charge in [-0.05, 0) is 50.1 Å². The first kappa shape index (κ1) is 18.5. The van der Waals surface area contributed by atoms with Gasteiger partial charge in [0.05, 0.1) is 18.1 Å². The Hall–Kier alpha value is -2.32. The maximum atomic E-state index is 12.1. The minimum Gasteiger partial charge on any atom is -0.467 e. The van der Waals surface area contributed by atoms with Gasteiger partial charge in [-0.15, -0.1) is 10.2 Å². The predicted octanol–water partition coefficient (Wildman–Crippen LogP) is 4.46. The molecule has 0 bridgehead atoms. The monoisotopic (exact) mass is 388 g/mol. The molecule has 0 fully saturated rings. The van der Waals surface area contributed by atoms with E-state index in [0.29, 0.717) is 5.13 Å². The zero-order valence-electron chi connectivity index (χ0n) is 14.8. The average molecular weight is 389 g/mol. The molecule has 2 aromatic heterocycles. The zero-order chi connectivity index (χ0) is 18.5. The number of amides is 1. The van der Waals surface area contributed by atoms with Crippen molar-refractivity contribution in [1.29, 1.82) is 0 Å². The molecule has 1 aromatic carbocycles. The Bertz CT molecular complexity index is 877. The highest BCUT2D eigenvalue weighted by atomic mass is 32.2. The van der Waals surface area contributed by atoms with E-state index in [9.17, 15) is 4.79 Å². The molecule has 3 rings (SSSR count). The third-order valence-electron chi connectivity index (χ3n) is 3.93. The van der Waals surface area contributed by atoms with E-state index >= 15 is 0 Å². The van der Waals surface area contributed by atoms with Crippen LogP contribution in [0, 0.1) is 13.8 Å². The molecule has 0 saturated heterocycles. The lowest BCUT2D eigenvalue weighted by Crippen LogP contribution is -2.27. The third kappa shape index (κ3) is 4.64. The number of aryl methyl sites for hydroxylation is 1. The molecule has 0 spiro atoms. The van der Waals surface area contributed by atoms with Crippen molar-refractivity contribution in [3.8, 4) is 0 Å². The van der Waals surface area contributed by atoms with Crippen LogP contribution in [0.1, 0.15) is 29.9 Å². The van der Waals surface area contributed by atoms with E-state index in [1.165, 1.54) is 34.2 Å². The van der Waals surface area contributed by atoms with Gasteiger partial charge in [0.2, 0.25) is 11.0 Å². The summed E-state index contributed by atoms with van der Waals surface area (Å²) in [6.07, 6.45) is 1.60. The number of furan rings is 1. The Morgan fingerprint density at radius 1 is 1.27 bits per heavy atom. The van der Waals surface area contributed by atoms with Crippen LogP contribution in [-0.4, -0.2) is 21.9 Å². The quantitative estimate of drug-likeness (QED) is 0.582. The number of hydrogen-bond acceptors (Lipinski definition) is 7. The summed E-state index contributed by atoms with van der Waals surface area (Å²) in [5.74, 6) is 0.945. The second-order valence-corrected chi connectivity index (χ2v) is 8.04. The summed E-state index contributed by atoms with van der Waals surface area (Å²) in [5, 5.41) is 15.2. The van der Waals surface area contributed by atoms with E-state index in [-0.39, 0.29) is 17.7 Å². The minimum absolute atomic E-state index is 0.0712. The van der Waals surface area contributed by atoms with Crippen molar-refractivity contribution in [2.45, 2.75) is 31.2 Å². The Morgan fingerprint density at radius 3 is 2.88 bits per heavy atom. The summed E-state index contributed by atoms with van der Waals surface area (Å²) in [4.78, 5) is 12.1. The fraction of sp³-hybridized carbons (Fsp3) is 0.278. The summed E-state index contributed by atoms with van der Waals surface area (Å²) in [5.41, 5.74) is 3.42. The fourth-order valence-electron chi connectivity index (χ4n) is 2.34. The number of thioether (sulfide) groups is 1. The Kier molecular flexibility index (Phi) is 5.95. The van der Waals surface area contributed by atoms with Crippen molar-refractivity contribution < 1.29 is 9.21 Å². The summed E-state index contributed by atoms with van der Waals surface area (Å²) in [6.45, 7) is 6.03. The summed E-state index contributed by atoms with van der Waals surface area (Å²) >= 11 is 2.80. The van der Waals surface area contributed by atoms with Crippen molar-refractivity contribution in [2.24, 2.45) is 0 Å². The highest BCUT2D eigenvalue weighted by Gasteiger charge is 2.13. The molecule has 136 valence electrons. The van der Waals surface area contributed by atoms with Gasteiger partial charge in [0.25, 0.3) is 0 Å². The van der Waals surface area contributed by atoms with Crippen LogP contribution in [0.15, 0.2) is 45.4 Å². The van der Waals surface area contributed by atoms with Gasteiger partial charge in [-0.2, -0.15) is 0 Å². The molecule has 1 unspecified atom stereocenters. The molecule has 0 saturated carbocycles. The van der Waals surface area contributed by atoms with Crippen molar-refractivity contribution in [2.75, 3.05) is 11.1 Å². The maximum absolute atomic E-state index is 12.1. The number of rotatable bonds is 7. The van der Waals surface area contributed by atoms with Crippen LogP contribution >= 0.6 is 23.1 Å². The molecule has 0 aliphatic heterocycles. The van der Waals surface area contributed by atoms with Gasteiger partial charge in [0, 0.05) is 5.69 Å². The van der Waals surface area contributed by atoms with Crippen LogP contribution in [0.5, 0.6) is 0 Å². The highest BCUT2D eigenvalue weighted by Crippen LogP contribution is 2.29. The average Bonchev–Trinajstić information content (AvgIpc) is 3.29. The van der Waals surface area contributed by atoms with Gasteiger partial charge in [0.1, 0.15) is 5.76 Å². The zero-order valence-corrected chi connectivity index (χ0v) is 16.4. The van der Waals surface area contributed by atoms with Crippen molar-refractivity contribution in [3.63, 3.8) is 0 Å². The molecule has 1 amide bonds. The number of nitrogens with zero attached hydrogens (tertiary/aromatic N) is 2. The molecule has 0 radical (unpaired) electrons. The maximum Gasteiger partial charge on any atom is 0.231 e. The van der Waals surface area contributed by atoms with Crippen molar-refractivity contribution >= 4 is 39.8 Å². The van der Waals surface area contributed by atoms with E-state index in [1.807, 2.05) is 25.1 Å². The molecule has 3 aromatic rings. The van der Waals surface area contributed by atoms with Crippen LogP contribution < -0.4 is 10.6 Å². The van der Waals surface area contributed by atoms with E-state index in [1.54, 1.807) is 12.3 Å². The standard InChI is InChI=1S/C18H20N4O2S2/c1-11-6-4-7-14(12(11)2)20-17-21-22-18(26-17)25-10-16(23)19-13(3)15-8-5-9-24-15/h4-9,13H,10H2,1-3H3,(H,19,23)(H,20,21). The van der Waals surface area contributed by atoms with E-state index in [0.717, 1.165) is 15.8 Å². The highest BCUT2D eigenvalue weighted by molar-refractivity contribution is 8.01. The lowest BCUT2D eigenvalue weighted by Gasteiger charge is -2.10. The number of carbonyl (C=O) groups is 1. The smallest absolute Gasteiger partial charge is 0.231 e. The van der Waals surface area contributed by atoms with Gasteiger partial charge in [-0.1, -0.05) is 35.2 Å². The van der Waals surface area contributed by atoms with Crippen LogP contribution in [-0.2, 0) is 4.79 Å². The normalized spacial score (nSPS) is 12.0. The van der Waals surface area contributed by atoms with Gasteiger partial charge >= 0.3 is 0 Å². The second kappa shape index (κ2) is 8.37. The Morgan fingerprint density at radius 2 is 2.12 bits per heavy atom. The molecule has 8 heteroatoms. The molecule has 2 N–H and O–H groups in total. The van der Waals surface area contributed by atoms with E-state index in [2.05, 4.69) is 40.7 Å². The summed E-state index contributed by atoms with van der Waals surface area (Å²) in [7, 11) is 0. The number of hydrogen-bond donors (Lipinski definition) is 2. The van der Waals surface area contributed by atoms with Gasteiger partial charge < -0.3 is 15.1 Å². The second-order valence-electron chi connectivity index (χ2n) is 5.84. The number of anilines is 2. The first-order chi connectivity index (χ1) is 12.5. The van der Waals surface area contributed by atoms with Crippen LogP contribution in [0.3, 0.4) is 0 Å². The van der Waals surface area contributed by atoms with Crippen molar-refractivity contribution in [1.82, 2.24) is 15.5 Å². The fourth-order valence-corrected chi connectivity index (χ4v) is 3.91. The Labute approximate surface area is 160 Å². The van der Waals surface area contributed by atoms with Crippen LogP contribution in [0.25, 0.3) is 0 Å². The molecule has 0 aliphatic rings.